The zero-order valence-corrected chi connectivity index (χ0v) is 11.6. The second-order valence-electron chi connectivity index (χ2n) is 5.00. The Labute approximate surface area is 116 Å². The van der Waals surface area contributed by atoms with E-state index in [0.29, 0.717) is 0 Å². The number of rotatable bonds is 3. The van der Waals surface area contributed by atoms with Gasteiger partial charge in [0.2, 0.25) is 0 Å². The molecule has 0 aliphatic carbocycles. The minimum atomic E-state index is -4.53. The number of alkyl halides is 3. The van der Waals surface area contributed by atoms with Gasteiger partial charge in [-0.1, -0.05) is 6.07 Å². The Kier molecular flexibility index (Phi) is 4.39. The average molecular weight is 307 g/mol. The molecule has 0 atom stereocenters. The lowest BCUT2D eigenvalue weighted by molar-refractivity contribution is -0.137. The van der Waals surface area contributed by atoms with Crippen LogP contribution in [0.5, 0.6) is 0 Å². The Hall–Kier alpha value is -1.08. The van der Waals surface area contributed by atoms with Gasteiger partial charge >= 0.3 is 6.18 Å². The third-order valence-electron chi connectivity index (χ3n) is 3.43. The standard InChI is InChI=1S/C13H16F3NO2S/c14-13(15,16)11-2-1-3-12(8-11)20(18,19)9-10-4-6-17-7-5-10/h1-3,8,10,17H,4-7,9H2. The highest BCUT2D eigenvalue weighted by Crippen LogP contribution is 2.31. The van der Waals surface area contributed by atoms with Crippen molar-refractivity contribution in [2.45, 2.75) is 23.9 Å². The summed E-state index contributed by atoms with van der Waals surface area (Å²) in [6.07, 6.45) is -3.06. The van der Waals surface area contributed by atoms with Gasteiger partial charge in [-0.05, 0) is 50.0 Å². The fourth-order valence-electron chi connectivity index (χ4n) is 2.32. The maximum atomic E-state index is 12.6. The second-order valence-corrected chi connectivity index (χ2v) is 7.03. The van der Waals surface area contributed by atoms with Crippen LogP contribution in [0.4, 0.5) is 13.2 Å². The van der Waals surface area contributed by atoms with Gasteiger partial charge in [-0.25, -0.2) is 8.42 Å². The van der Waals surface area contributed by atoms with Crippen molar-refractivity contribution >= 4 is 9.84 Å². The summed E-state index contributed by atoms with van der Waals surface area (Å²) in [6.45, 7) is 1.51. The number of benzene rings is 1. The molecule has 1 aromatic rings. The normalized spacial score (nSPS) is 18.1. The van der Waals surface area contributed by atoms with Gasteiger partial charge in [0.1, 0.15) is 0 Å². The van der Waals surface area contributed by atoms with E-state index in [-0.39, 0.29) is 16.6 Å². The van der Waals surface area contributed by atoms with Crippen molar-refractivity contribution in [3.8, 4) is 0 Å². The van der Waals surface area contributed by atoms with Crippen molar-refractivity contribution in [2.24, 2.45) is 5.92 Å². The molecule has 2 rings (SSSR count). The van der Waals surface area contributed by atoms with Crippen LogP contribution in [0, 0.1) is 5.92 Å². The topological polar surface area (TPSA) is 46.2 Å². The Bertz CT molecular complexity index is 563. The Morgan fingerprint density at radius 1 is 1.20 bits per heavy atom. The van der Waals surface area contributed by atoms with E-state index in [4.69, 9.17) is 0 Å². The highest BCUT2D eigenvalue weighted by molar-refractivity contribution is 7.91. The molecule has 0 aromatic heterocycles. The molecular formula is C13H16F3NO2S. The lowest BCUT2D eigenvalue weighted by atomic mass is 10.0. The molecule has 0 radical (unpaired) electrons. The van der Waals surface area contributed by atoms with Crippen LogP contribution in [0.2, 0.25) is 0 Å². The number of hydrogen-bond acceptors (Lipinski definition) is 3. The van der Waals surface area contributed by atoms with Crippen molar-refractivity contribution in [3.63, 3.8) is 0 Å². The molecule has 1 N–H and O–H groups in total. The molecule has 7 heteroatoms. The Balaban J connectivity index is 2.20. The van der Waals surface area contributed by atoms with Crippen molar-refractivity contribution in [2.75, 3.05) is 18.8 Å². The zero-order valence-electron chi connectivity index (χ0n) is 10.8. The highest BCUT2D eigenvalue weighted by atomic mass is 32.2. The summed E-state index contributed by atoms with van der Waals surface area (Å²) >= 11 is 0. The Morgan fingerprint density at radius 2 is 1.85 bits per heavy atom. The molecule has 0 spiro atoms. The first kappa shape index (κ1) is 15.3. The number of halogens is 3. The van der Waals surface area contributed by atoms with Gasteiger partial charge in [0.05, 0.1) is 16.2 Å². The van der Waals surface area contributed by atoms with E-state index in [0.717, 1.165) is 44.1 Å². The van der Waals surface area contributed by atoms with Crippen LogP contribution < -0.4 is 5.32 Å². The van der Waals surface area contributed by atoms with Crippen LogP contribution in [-0.4, -0.2) is 27.3 Å². The molecule has 1 aliphatic rings. The van der Waals surface area contributed by atoms with E-state index in [1.807, 2.05) is 0 Å². The zero-order chi connectivity index (χ0) is 14.8. The lowest BCUT2D eigenvalue weighted by Gasteiger charge is -2.22. The van der Waals surface area contributed by atoms with E-state index >= 15 is 0 Å². The van der Waals surface area contributed by atoms with Gasteiger partial charge in [-0.3, -0.25) is 0 Å². The van der Waals surface area contributed by atoms with Crippen molar-refractivity contribution in [3.05, 3.63) is 29.8 Å². The van der Waals surface area contributed by atoms with E-state index in [1.165, 1.54) is 6.07 Å². The maximum absolute atomic E-state index is 12.6. The fraction of sp³-hybridized carbons (Fsp3) is 0.538. The number of piperidine rings is 1. The smallest absolute Gasteiger partial charge is 0.317 e. The van der Waals surface area contributed by atoms with E-state index in [2.05, 4.69) is 5.32 Å². The first-order valence-corrected chi connectivity index (χ1v) is 8.05. The molecule has 0 unspecified atom stereocenters. The molecule has 0 saturated carbocycles. The van der Waals surface area contributed by atoms with Crippen molar-refractivity contribution < 1.29 is 21.6 Å². The van der Waals surface area contributed by atoms with E-state index in [1.54, 1.807) is 0 Å². The lowest BCUT2D eigenvalue weighted by Crippen LogP contribution is -2.31. The molecule has 0 bridgehead atoms. The molecular weight excluding hydrogens is 291 g/mol. The second kappa shape index (κ2) is 5.73. The molecule has 20 heavy (non-hydrogen) atoms. The molecule has 112 valence electrons. The first-order valence-electron chi connectivity index (χ1n) is 6.40. The molecule has 1 saturated heterocycles. The highest BCUT2D eigenvalue weighted by Gasteiger charge is 2.32. The van der Waals surface area contributed by atoms with Gasteiger partial charge in [-0.15, -0.1) is 0 Å². The van der Waals surface area contributed by atoms with Crippen LogP contribution in [0.3, 0.4) is 0 Å². The monoisotopic (exact) mass is 307 g/mol. The van der Waals surface area contributed by atoms with Gasteiger partial charge in [0.15, 0.2) is 9.84 Å². The maximum Gasteiger partial charge on any atom is 0.416 e. The summed E-state index contributed by atoms with van der Waals surface area (Å²) in [5, 5.41) is 3.13. The SMILES string of the molecule is O=S(=O)(CC1CCNCC1)c1cccc(C(F)(F)F)c1. The predicted octanol–water partition coefficient (Wildman–Crippen LogP) is 2.48. The van der Waals surface area contributed by atoms with E-state index in [9.17, 15) is 21.6 Å². The average Bonchev–Trinajstić information content (AvgIpc) is 2.38. The minimum absolute atomic E-state index is 0.00999. The summed E-state index contributed by atoms with van der Waals surface area (Å²) in [6, 6.07) is 3.96. The fourth-order valence-corrected chi connectivity index (χ4v) is 4.06. The van der Waals surface area contributed by atoms with Gasteiger partial charge in [0, 0.05) is 0 Å². The Morgan fingerprint density at radius 3 is 2.45 bits per heavy atom. The minimum Gasteiger partial charge on any atom is -0.317 e. The summed E-state index contributed by atoms with van der Waals surface area (Å²) < 4.78 is 62.2. The van der Waals surface area contributed by atoms with Gasteiger partial charge < -0.3 is 5.32 Å². The van der Waals surface area contributed by atoms with Crippen LogP contribution in [0.1, 0.15) is 18.4 Å². The molecule has 0 amide bonds. The first-order chi connectivity index (χ1) is 9.29. The number of nitrogens with one attached hydrogen (secondary N) is 1. The quantitative estimate of drug-likeness (QED) is 0.933. The molecule has 1 aromatic carbocycles. The van der Waals surface area contributed by atoms with Crippen molar-refractivity contribution in [1.29, 1.82) is 0 Å². The summed E-state index contributed by atoms with van der Waals surface area (Å²) in [7, 11) is -3.67. The molecule has 1 fully saturated rings. The van der Waals surface area contributed by atoms with Gasteiger partial charge in [0.25, 0.3) is 0 Å². The molecule has 1 heterocycles. The third kappa shape index (κ3) is 3.73. The third-order valence-corrected chi connectivity index (χ3v) is 5.32. The summed E-state index contributed by atoms with van der Waals surface area (Å²) in [4.78, 5) is -0.245. The molecule has 1 aliphatic heterocycles. The number of hydrogen-bond donors (Lipinski definition) is 1. The molecule has 3 nitrogen and oxygen atoms in total. The largest absolute Gasteiger partial charge is 0.416 e. The van der Waals surface area contributed by atoms with Crippen LogP contribution in [-0.2, 0) is 16.0 Å². The van der Waals surface area contributed by atoms with Crippen LogP contribution in [0.25, 0.3) is 0 Å². The summed E-state index contributed by atoms with van der Waals surface area (Å²) in [5.41, 5.74) is -0.927. The van der Waals surface area contributed by atoms with Gasteiger partial charge in [-0.2, -0.15) is 13.2 Å². The van der Waals surface area contributed by atoms with Crippen molar-refractivity contribution in [1.82, 2.24) is 5.32 Å². The summed E-state index contributed by atoms with van der Waals surface area (Å²) in [5.74, 6) is -0.0773. The van der Waals surface area contributed by atoms with Crippen LogP contribution in [0.15, 0.2) is 29.2 Å². The van der Waals surface area contributed by atoms with E-state index < -0.39 is 21.6 Å². The predicted molar refractivity (Wildman–Crippen MR) is 69.1 cm³/mol. The number of sulfone groups is 1. The van der Waals surface area contributed by atoms with Crippen LogP contribution >= 0.6 is 0 Å².